The molecule has 0 N–H and O–H groups in total. The Morgan fingerprint density at radius 2 is 0.725 bits per heavy atom. The summed E-state index contributed by atoms with van der Waals surface area (Å²) in [5.74, 6) is -0.806. The summed E-state index contributed by atoms with van der Waals surface area (Å²) in [6, 6.07) is 18.7. The molecule has 40 heavy (non-hydrogen) atoms. The zero-order chi connectivity index (χ0) is 29.2. The van der Waals surface area contributed by atoms with Crippen molar-refractivity contribution in [3.63, 3.8) is 0 Å². The fourth-order valence-corrected chi connectivity index (χ4v) is 7.45. The largest absolute Gasteiger partial charge is 0.350 e. The maximum atomic E-state index is 13.7. The Hall–Kier alpha value is -2.58. The standard InChI is InChI=1S/C28H36F2N2O6P2/c1-5-35-39(33,36-6-2)21-31(25-13-9-23(29)10-14-25)27-17-19-28(20-18-27)32(26-15-11-24(30)12-16-26)22-40(34,37-7-3)38-8-4/h9-20H,5-8,21-22H2,1-4H3. The molecule has 3 aromatic carbocycles. The summed E-state index contributed by atoms with van der Waals surface area (Å²) in [7, 11) is -7.06. The number of anilines is 4. The van der Waals surface area contributed by atoms with E-state index in [1.807, 2.05) is 0 Å². The Balaban J connectivity index is 2.04. The van der Waals surface area contributed by atoms with Crippen LogP contribution in [0, 0.1) is 11.6 Å². The van der Waals surface area contributed by atoms with Gasteiger partial charge in [0.1, 0.15) is 24.2 Å². The maximum Gasteiger partial charge on any atom is 0.350 e. The fraction of sp³-hybridized carbons (Fsp3) is 0.357. The highest BCUT2D eigenvalue weighted by Gasteiger charge is 2.30. The second kappa shape index (κ2) is 14.9. The third-order valence-electron chi connectivity index (χ3n) is 5.68. The Morgan fingerprint density at radius 3 is 0.950 bits per heavy atom. The second-order valence-electron chi connectivity index (χ2n) is 8.50. The number of hydrogen-bond acceptors (Lipinski definition) is 8. The molecular weight excluding hydrogens is 560 g/mol. The predicted octanol–water partition coefficient (Wildman–Crippen LogP) is 8.69. The van der Waals surface area contributed by atoms with Gasteiger partial charge in [-0.15, -0.1) is 0 Å². The van der Waals surface area contributed by atoms with E-state index < -0.39 is 26.8 Å². The Kier molecular flexibility index (Phi) is 11.9. The molecule has 0 radical (unpaired) electrons. The summed E-state index contributed by atoms with van der Waals surface area (Å²) < 4.78 is 76.4. The molecule has 0 atom stereocenters. The van der Waals surface area contributed by atoms with Crippen LogP contribution in [0.15, 0.2) is 72.8 Å². The van der Waals surface area contributed by atoms with Crippen LogP contribution in [-0.4, -0.2) is 39.0 Å². The first kappa shape index (κ1) is 31.9. The van der Waals surface area contributed by atoms with Crippen LogP contribution in [-0.2, 0) is 27.2 Å². The summed E-state index contributed by atoms with van der Waals surface area (Å²) >= 11 is 0. The van der Waals surface area contributed by atoms with Crippen LogP contribution in [0.2, 0.25) is 0 Å². The molecule has 0 saturated heterocycles. The molecule has 8 nitrogen and oxygen atoms in total. The smallest absolute Gasteiger partial charge is 0.329 e. The molecule has 0 aliphatic rings. The first-order valence-electron chi connectivity index (χ1n) is 13.1. The topological polar surface area (TPSA) is 77.5 Å². The zero-order valence-electron chi connectivity index (χ0n) is 23.2. The van der Waals surface area contributed by atoms with Crippen LogP contribution < -0.4 is 9.80 Å². The Labute approximate surface area is 234 Å². The van der Waals surface area contributed by atoms with Crippen molar-refractivity contribution in [3.8, 4) is 0 Å². The van der Waals surface area contributed by atoms with Crippen molar-refractivity contribution in [1.82, 2.24) is 0 Å². The van der Waals surface area contributed by atoms with Gasteiger partial charge in [0.25, 0.3) is 0 Å². The highest BCUT2D eigenvalue weighted by Crippen LogP contribution is 2.52. The number of rotatable bonds is 16. The van der Waals surface area contributed by atoms with E-state index in [-0.39, 0.29) is 39.0 Å². The van der Waals surface area contributed by atoms with Gasteiger partial charge in [-0.25, -0.2) is 8.78 Å². The van der Waals surface area contributed by atoms with Crippen LogP contribution in [0.4, 0.5) is 31.5 Å². The van der Waals surface area contributed by atoms with E-state index in [0.29, 0.717) is 22.7 Å². The predicted molar refractivity (Wildman–Crippen MR) is 155 cm³/mol. The van der Waals surface area contributed by atoms with Crippen LogP contribution in [0.5, 0.6) is 0 Å². The highest BCUT2D eigenvalue weighted by molar-refractivity contribution is 7.54. The van der Waals surface area contributed by atoms with Crippen molar-refractivity contribution in [3.05, 3.63) is 84.4 Å². The average Bonchev–Trinajstić information content (AvgIpc) is 2.92. The third-order valence-corrected chi connectivity index (χ3v) is 9.55. The summed E-state index contributed by atoms with van der Waals surface area (Å²) in [6.45, 7) is 7.71. The molecule has 0 amide bonds. The van der Waals surface area contributed by atoms with Gasteiger partial charge < -0.3 is 27.9 Å². The van der Waals surface area contributed by atoms with E-state index in [1.54, 1.807) is 86.0 Å². The SMILES string of the molecule is CCOP(=O)(CN(c1ccc(F)cc1)c1ccc(N(CP(=O)(OCC)OCC)c2ccc(F)cc2)cc1)OCC. The molecule has 0 unspecified atom stereocenters. The Morgan fingerprint density at radius 1 is 0.500 bits per heavy atom. The minimum Gasteiger partial charge on any atom is -0.329 e. The lowest BCUT2D eigenvalue weighted by Gasteiger charge is -2.31. The molecule has 218 valence electrons. The summed E-state index contributed by atoms with van der Waals surface area (Å²) in [5.41, 5.74) is 2.43. The van der Waals surface area contributed by atoms with E-state index in [4.69, 9.17) is 18.1 Å². The lowest BCUT2D eigenvalue weighted by Crippen LogP contribution is -2.22. The first-order valence-corrected chi connectivity index (χ1v) is 16.5. The minimum absolute atomic E-state index is 0.106. The number of nitrogens with zero attached hydrogens (tertiary/aromatic N) is 2. The van der Waals surface area contributed by atoms with Crippen molar-refractivity contribution in [2.75, 3.05) is 48.8 Å². The van der Waals surface area contributed by atoms with Crippen molar-refractivity contribution < 1.29 is 36.0 Å². The van der Waals surface area contributed by atoms with Gasteiger partial charge >= 0.3 is 15.2 Å². The number of benzene rings is 3. The molecule has 0 spiro atoms. The molecular formula is C28H36F2N2O6P2. The van der Waals surface area contributed by atoms with Crippen LogP contribution >= 0.6 is 15.2 Å². The van der Waals surface area contributed by atoms with Gasteiger partial charge in [-0.05, 0) is 100 Å². The molecule has 0 bridgehead atoms. The molecule has 0 saturated carbocycles. The van der Waals surface area contributed by atoms with E-state index in [9.17, 15) is 17.9 Å². The second-order valence-corrected chi connectivity index (χ2v) is 12.5. The zero-order valence-corrected chi connectivity index (χ0v) is 25.0. The van der Waals surface area contributed by atoms with E-state index in [0.717, 1.165) is 0 Å². The molecule has 0 aromatic heterocycles. The van der Waals surface area contributed by atoms with Crippen molar-refractivity contribution >= 4 is 37.9 Å². The monoisotopic (exact) mass is 596 g/mol. The number of halogens is 2. The lowest BCUT2D eigenvalue weighted by atomic mass is 10.2. The summed E-state index contributed by atoms with van der Waals surface area (Å²) in [4.78, 5) is 3.45. The lowest BCUT2D eigenvalue weighted by molar-refractivity contribution is 0.219. The summed E-state index contributed by atoms with van der Waals surface area (Å²) in [6.07, 6.45) is -0.212. The molecule has 3 rings (SSSR count). The van der Waals surface area contributed by atoms with E-state index >= 15 is 0 Å². The molecule has 0 fully saturated rings. The highest BCUT2D eigenvalue weighted by atomic mass is 31.2. The maximum absolute atomic E-state index is 13.7. The van der Waals surface area contributed by atoms with Crippen LogP contribution in [0.3, 0.4) is 0 Å². The quantitative estimate of drug-likeness (QED) is 0.152. The summed E-state index contributed by atoms with van der Waals surface area (Å²) in [5, 5.41) is 0. The molecule has 0 aliphatic carbocycles. The molecule has 0 heterocycles. The van der Waals surface area contributed by atoms with Gasteiger partial charge in [0, 0.05) is 22.7 Å². The molecule has 12 heteroatoms. The average molecular weight is 597 g/mol. The van der Waals surface area contributed by atoms with Gasteiger partial charge in [0.2, 0.25) is 0 Å². The molecule has 3 aromatic rings. The number of hydrogen-bond donors (Lipinski definition) is 0. The van der Waals surface area contributed by atoms with Gasteiger partial charge in [0.15, 0.2) is 0 Å². The van der Waals surface area contributed by atoms with Gasteiger partial charge in [-0.1, -0.05) is 0 Å². The van der Waals surface area contributed by atoms with Gasteiger partial charge in [-0.3, -0.25) is 9.13 Å². The van der Waals surface area contributed by atoms with Gasteiger partial charge in [-0.2, -0.15) is 0 Å². The van der Waals surface area contributed by atoms with E-state index in [1.165, 1.54) is 24.3 Å². The van der Waals surface area contributed by atoms with E-state index in [2.05, 4.69) is 0 Å². The van der Waals surface area contributed by atoms with Crippen LogP contribution in [0.25, 0.3) is 0 Å². The first-order chi connectivity index (χ1) is 19.2. The third kappa shape index (κ3) is 8.71. The van der Waals surface area contributed by atoms with Crippen molar-refractivity contribution in [1.29, 1.82) is 0 Å². The fourth-order valence-electron chi connectivity index (χ4n) is 4.05. The van der Waals surface area contributed by atoms with Crippen LogP contribution in [0.1, 0.15) is 27.7 Å². The van der Waals surface area contributed by atoms with Crippen molar-refractivity contribution in [2.24, 2.45) is 0 Å². The minimum atomic E-state index is -3.53. The van der Waals surface area contributed by atoms with Crippen molar-refractivity contribution in [2.45, 2.75) is 27.7 Å². The molecule has 0 aliphatic heterocycles. The van der Waals surface area contributed by atoms with Gasteiger partial charge in [0.05, 0.1) is 26.4 Å². The Bertz CT molecular complexity index is 1170. The normalized spacial score (nSPS) is 11.9.